The maximum absolute atomic E-state index is 12.0. The van der Waals surface area contributed by atoms with Gasteiger partial charge in [0.25, 0.3) is 0 Å². The Morgan fingerprint density at radius 3 is 2.85 bits per heavy atom. The van der Waals surface area contributed by atoms with E-state index in [1.54, 1.807) is 29.9 Å². The Bertz CT molecular complexity index is 501. The third-order valence-corrected chi connectivity index (χ3v) is 3.60. The number of aliphatic carboxylic acids is 1. The number of nitrogens with zero attached hydrogens (tertiary/aromatic N) is 4. The van der Waals surface area contributed by atoms with Crippen LogP contribution in [0, 0.1) is 5.92 Å². The summed E-state index contributed by atoms with van der Waals surface area (Å²) < 4.78 is 1.61. The molecule has 110 valence electrons. The van der Waals surface area contributed by atoms with Gasteiger partial charge >= 0.3 is 12.0 Å². The molecule has 0 aromatic carbocycles. The largest absolute Gasteiger partial charge is 0.481 e. The molecule has 2 rings (SSSR count). The van der Waals surface area contributed by atoms with Crippen LogP contribution in [-0.4, -0.2) is 55.9 Å². The lowest BCUT2D eigenvalue weighted by Crippen LogP contribution is -2.44. The highest BCUT2D eigenvalue weighted by molar-refractivity contribution is 5.78. The van der Waals surface area contributed by atoms with E-state index in [9.17, 15) is 9.59 Å². The number of aromatic nitrogens is 3. The van der Waals surface area contributed by atoms with Crippen molar-refractivity contribution in [3.8, 4) is 0 Å². The summed E-state index contributed by atoms with van der Waals surface area (Å²) in [6, 6.07) is -0.502. The fraction of sp³-hybridized carbons (Fsp3) is 0.667. The molecule has 0 saturated carbocycles. The summed E-state index contributed by atoms with van der Waals surface area (Å²) in [5.74, 6) is -0.644. The summed E-state index contributed by atoms with van der Waals surface area (Å²) in [7, 11) is 1.78. The molecule has 1 aromatic heterocycles. The average Bonchev–Trinajstić information content (AvgIpc) is 2.95. The van der Waals surface area contributed by atoms with Crippen molar-refractivity contribution in [1.82, 2.24) is 25.0 Å². The molecule has 1 fully saturated rings. The summed E-state index contributed by atoms with van der Waals surface area (Å²) in [5.41, 5.74) is 0. The molecule has 0 spiro atoms. The highest BCUT2D eigenvalue weighted by atomic mass is 16.4. The van der Waals surface area contributed by atoms with E-state index in [4.69, 9.17) is 5.11 Å². The van der Waals surface area contributed by atoms with Gasteiger partial charge in [0.2, 0.25) is 0 Å². The van der Waals surface area contributed by atoms with E-state index in [1.165, 1.54) is 0 Å². The van der Waals surface area contributed by atoms with Crippen LogP contribution in [0.3, 0.4) is 0 Å². The Morgan fingerprint density at radius 1 is 1.55 bits per heavy atom. The summed E-state index contributed by atoms with van der Waals surface area (Å²) in [6.07, 6.45) is 2.67. The van der Waals surface area contributed by atoms with Crippen molar-refractivity contribution in [3.05, 3.63) is 12.2 Å². The Hall–Kier alpha value is -2.12. The highest BCUT2D eigenvalue weighted by Gasteiger charge is 2.37. The van der Waals surface area contributed by atoms with Crippen molar-refractivity contribution in [3.63, 3.8) is 0 Å². The lowest BCUT2D eigenvalue weighted by Gasteiger charge is -2.23. The van der Waals surface area contributed by atoms with Crippen molar-refractivity contribution in [1.29, 1.82) is 0 Å². The van der Waals surface area contributed by atoms with Gasteiger partial charge in [-0.1, -0.05) is 0 Å². The van der Waals surface area contributed by atoms with E-state index in [0.29, 0.717) is 31.8 Å². The molecule has 1 aromatic rings. The molecule has 1 aliphatic heterocycles. The van der Waals surface area contributed by atoms with Crippen LogP contribution < -0.4 is 5.32 Å². The number of urea groups is 1. The van der Waals surface area contributed by atoms with E-state index in [0.717, 1.165) is 0 Å². The number of carbonyl (C=O) groups excluding carboxylic acids is 1. The van der Waals surface area contributed by atoms with Crippen LogP contribution in [0.15, 0.2) is 6.33 Å². The Labute approximate surface area is 116 Å². The summed E-state index contributed by atoms with van der Waals surface area (Å²) in [6.45, 7) is 2.68. The van der Waals surface area contributed by atoms with E-state index < -0.39 is 11.9 Å². The first-order valence-corrected chi connectivity index (χ1v) is 6.61. The smallest absolute Gasteiger partial charge is 0.317 e. The van der Waals surface area contributed by atoms with Crippen LogP contribution in [0.4, 0.5) is 4.79 Å². The van der Waals surface area contributed by atoms with Crippen molar-refractivity contribution < 1.29 is 14.7 Å². The zero-order valence-corrected chi connectivity index (χ0v) is 11.6. The second-order valence-electron chi connectivity index (χ2n) is 4.98. The van der Waals surface area contributed by atoms with Gasteiger partial charge in [0.1, 0.15) is 6.33 Å². The van der Waals surface area contributed by atoms with Gasteiger partial charge in [-0.05, 0) is 13.3 Å². The van der Waals surface area contributed by atoms with Crippen LogP contribution in [0.1, 0.15) is 19.2 Å². The second-order valence-corrected chi connectivity index (χ2v) is 4.98. The second kappa shape index (κ2) is 5.89. The predicted octanol–water partition coefficient (Wildman–Crippen LogP) is -0.138. The molecule has 2 N–H and O–H groups in total. The highest BCUT2D eigenvalue weighted by Crippen LogP contribution is 2.24. The predicted molar refractivity (Wildman–Crippen MR) is 70.0 cm³/mol. The number of carboxylic acid groups (broad SMARTS) is 1. The number of hydrogen-bond donors (Lipinski definition) is 2. The van der Waals surface area contributed by atoms with Gasteiger partial charge < -0.3 is 15.3 Å². The van der Waals surface area contributed by atoms with Crippen LogP contribution in [0.5, 0.6) is 0 Å². The number of carbonyl (C=O) groups is 2. The van der Waals surface area contributed by atoms with Gasteiger partial charge in [0.05, 0.1) is 5.92 Å². The zero-order chi connectivity index (χ0) is 14.7. The topological polar surface area (TPSA) is 100 Å². The molecule has 2 unspecified atom stereocenters. The molecule has 0 bridgehead atoms. The van der Waals surface area contributed by atoms with Gasteiger partial charge in [-0.3, -0.25) is 9.48 Å². The molecule has 1 saturated heterocycles. The molecule has 0 aliphatic carbocycles. The molecular weight excluding hydrogens is 262 g/mol. The van der Waals surface area contributed by atoms with Crippen molar-refractivity contribution >= 4 is 12.0 Å². The fourth-order valence-corrected chi connectivity index (χ4v) is 2.44. The summed E-state index contributed by atoms with van der Waals surface area (Å²) in [4.78, 5) is 28.6. The number of amides is 2. The standard InChI is InChI=1S/C12H19N5O3/c1-8-9(11(18)19)4-6-17(8)12(20)13-5-3-10-14-7-16(2)15-10/h7-9H,3-6H2,1-2H3,(H,13,20)(H,18,19). The summed E-state index contributed by atoms with van der Waals surface area (Å²) >= 11 is 0. The first-order valence-electron chi connectivity index (χ1n) is 6.61. The van der Waals surface area contributed by atoms with Crippen LogP contribution in [-0.2, 0) is 18.3 Å². The van der Waals surface area contributed by atoms with Crippen LogP contribution in [0.2, 0.25) is 0 Å². The minimum absolute atomic E-state index is 0.225. The number of nitrogens with one attached hydrogen (secondary N) is 1. The fourth-order valence-electron chi connectivity index (χ4n) is 2.44. The quantitative estimate of drug-likeness (QED) is 0.800. The van der Waals surface area contributed by atoms with Crippen molar-refractivity contribution in [2.45, 2.75) is 25.8 Å². The Kier molecular flexibility index (Phi) is 4.21. The molecule has 2 amide bonds. The minimum atomic E-state index is -0.842. The third-order valence-electron chi connectivity index (χ3n) is 3.60. The molecule has 8 heteroatoms. The van der Waals surface area contributed by atoms with E-state index in [1.807, 2.05) is 0 Å². The van der Waals surface area contributed by atoms with E-state index >= 15 is 0 Å². The van der Waals surface area contributed by atoms with Crippen molar-refractivity contribution in [2.24, 2.45) is 13.0 Å². The first-order chi connectivity index (χ1) is 9.49. The SMILES string of the molecule is CC1C(C(=O)O)CCN1C(=O)NCCc1ncn(C)n1. The van der Waals surface area contributed by atoms with Gasteiger partial charge in [0, 0.05) is 32.6 Å². The van der Waals surface area contributed by atoms with Crippen molar-refractivity contribution in [2.75, 3.05) is 13.1 Å². The van der Waals surface area contributed by atoms with Gasteiger partial charge in [-0.25, -0.2) is 9.78 Å². The molecule has 2 atom stereocenters. The Balaban J connectivity index is 1.79. The van der Waals surface area contributed by atoms with E-state index in [2.05, 4.69) is 15.4 Å². The number of rotatable bonds is 4. The first kappa shape index (κ1) is 14.3. The number of aryl methyl sites for hydroxylation is 1. The lowest BCUT2D eigenvalue weighted by molar-refractivity contribution is -0.142. The molecule has 2 heterocycles. The number of hydrogen-bond acceptors (Lipinski definition) is 4. The zero-order valence-electron chi connectivity index (χ0n) is 11.6. The molecule has 8 nitrogen and oxygen atoms in total. The maximum atomic E-state index is 12.0. The molecule has 1 aliphatic rings. The lowest BCUT2D eigenvalue weighted by atomic mass is 10.0. The molecular formula is C12H19N5O3. The van der Waals surface area contributed by atoms with Gasteiger partial charge in [-0.2, -0.15) is 5.10 Å². The minimum Gasteiger partial charge on any atom is -0.481 e. The molecule has 0 radical (unpaired) electrons. The number of carboxylic acids is 1. The van der Waals surface area contributed by atoms with Gasteiger partial charge in [-0.15, -0.1) is 0 Å². The summed E-state index contributed by atoms with van der Waals surface area (Å²) in [5, 5.41) is 15.9. The Morgan fingerprint density at radius 2 is 2.30 bits per heavy atom. The van der Waals surface area contributed by atoms with Gasteiger partial charge in [0.15, 0.2) is 5.82 Å². The monoisotopic (exact) mass is 281 g/mol. The third kappa shape index (κ3) is 3.06. The maximum Gasteiger partial charge on any atom is 0.317 e. The van der Waals surface area contributed by atoms with Crippen LogP contribution in [0.25, 0.3) is 0 Å². The molecule has 20 heavy (non-hydrogen) atoms. The normalized spacial score (nSPS) is 22.0. The van der Waals surface area contributed by atoms with Crippen LogP contribution >= 0.6 is 0 Å². The van der Waals surface area contributed by atoms with E-state index in [-0.39, 0.29) is 12.1 Å². The average molecular weight is 281 g/mol. The number of likely N-dealkylation sites (tertiary alicyclic amines) is 1.